The molecular weight excluding hydrogens is 262 g/mol. The van der Waals surface area contributed by atoms with E-state index in [2.05, 4.69) is 27.3 Å². The van der Waals surface area contributed by atoms with Gasteiger partial charge >= 0.3 is 0 Å². The molecular formula is C13H18ClN5. The summed E-state index contributed by atoms with van der Waals surface area (Å²) in [5, 5.41) is 8.26. The first kappa shape index (κ1) is 14.0. The first-order valence-electron chi connectivity index (χ1n) is 6.32. The van der Waals surface area contributed by atoms with Crippen molar-refractivity contribution in [1.82, 2.24) is 25.1 Å². The third kappa shape index (κ3) is 3.11. The summed E-state index contributed by atoms with van der Waals surface area (Å²) >= 11 is 6.23. The SMILES string of the molecule is CCCNC(c1cnc(C)cn1)c1c(Cl)cnn1C. The molecule has 102 valence electrons. The van der Waals surface area contributed by atoms with Crippen molar-refractivity contribution in [3.8, 4) is 0 Å². The summed E-state index contributed by atoms with van der Waals surface area (Å²) in [5.41, 5.74) is 2.66. The van der Waals surface area contributed by atoms with Crippen LogP contribution in [0.1, 0.15) is 36.5 Å². The van der Waals surface area contributed by atoms with Gasteiger partial charge in [-0.3, -0.25) is 14.6 Å². The Morgan fingerprint density at radius 3 is 2.63 bits per heavy atom. The monoisotopic (exact) mass is 279 g/mol. The van der Waals surface area contributed by atoms with E-state index >= 15 is 0 Å². The second-order valence-corrected chi connectivity index (χ2v) is 4.88. The van der Waals surface area contributed by atoms with Crippen LogP contribution in [-0.4, -0.2) is 26.3 Å². The first-order valence-corrected chi connectivity index (χ1v) is 6.70. The molecule has 0 radical (unpaired) electrons. The van der Waals surface area contributed by atoms with E-state index < -0.39 is 0 Å². The van der Waals surface area contributed by atoms with Crippen molar-refractivity contribution in [2.45, 2.75) is 26.3 Å². The van der Waals surface area contributed by atoms with Crippen LogP contribution in [-0.2, 0) is 7.05 Å². The Labute approximate surface area is 118 Å². The molecule has 1 atom stereocenters. The Bertz CT molecular complexity index is 515. The van der Waals surface area contributed by atoms with E-state index in [-0.39, 0.29) is 6.04 Å². The maximum absolute atomic E-state index is 6.23. The lowest BCUT2D eigenvalue weighted by molar-refractivity contribution is 0.542. The molecule has 0 bridgehead atoms. The van der Waals surface area contributed by atoms with Crippen molar-refractivity contribution in [3.05, 3.63) is 40.7 Å². The summed E-state index contributed by atoms with van der Waals surface area (Å²) < 4.78 is 1.77. The molecule has 0 fully saturated rings. The van der Waals surface area contributed by atoms with Crippen molar-refractivity contribution in [3.63, 3.8) is 0 Å². The van der Waals surface area contributed by atoms with Crippen LogP contribution in [0, 0.1) is 6.92 Å². The van der Waals surface area contributed by atoms with Crippen molar-refractivity contribution < 1.29 is 0 Å². The molecule has 0 aliphatic carbocycles. The molecule has 0 aliphatic rings. The number of hydrogen-bond acceptors (Lipinski definition) is 4. The number of hydrogen-bond donors (Lipinski definition) is 1. The number of nitrogens with zero attached hydrogens (tertiary/aromatic N) is 4. The fraction of sp³-hybridized carbons (Fsp3) is 0.462. The van der Waals surface area contributed by atoms with E-state index in [0.29, 0.717) is 5.02 Å². The summed E-state index contributed by atoms with van der Waals surface area (Å²) in [6.45, 7) is 4.92. The molecule has 2 aromatic rings. The molecule has 0 spiro atoms. The lowest BCUT2D eigenvalue weighted by atomic mass is 10.1. The summed E-state index contributed by atoms with van der Waals surface area (Å²) in [6, 6.07) is -0.0898. The van der Waals surface area contributed by atoms with Gasteiger partial charge in [0.1, 0.15) is 0 Å². The van der Waals surface area contributed by atoms with Gasteiger partial charge in [-0.25, -0.2) is 0 Å². The lowest BCUT2D eigenvalue weighted by Crippen LogP contribution is -2.26. The Morgan fingerprint density at radius 1 is 1.32 bits per heavy atom. The number of rotatable bonds is 5. The number of aryl methyl sites for hydroxylation is 2. The minimum Gasteiger partial charge on any atom is -0.304 e. The zero-order chi connectivity index (χ0) is 13.8. The van der Waals surface area contributed by atoms with Crippen LogP contribution in [0.4, 0.5) is 0 Å². The Hall–Kier alpha value is -1.46. The standard InChI is InChI=1S/C13H18ClN5/c1-4-5-15-12(11-8-16-9(2)6-17-11)13-10(14)7-18-19(13)3/h6-8,12,15H,4-5H2,1-3H3. The quantitative estimate of drug-likeness (QED) is 0.912. The summed E-state index contributed by atoms with van der Waals surface area (Å²) in [7, 11) is 1.88. The summed E-state index contributed by atoms with van der Waals surface area (Å²) in [5.74, 6) is 0. The van der Waals surface area contributed by atoms with Crippen LogP contribution in [0.25, 0.3) is 0 Å². The maximum atomic E-state index is 6.23. The smallest absolute Gasteiger partial charge is 0.0952 e. The van der Waals surface area contributed by atoms with E-state index in [0.717, 1.165) is 30.0 Å². The second kappa shape index (κ2) is 6.12. The van der Waals surface area contributed by atoms with Crippen LogP contribution in [0.3, 0.4) is 0 Å². The molecule has 19 heavy (non-hydrogen) atoms. The molecule has 6 heteroatoms. The lowest BCUT2D eigenvalue weighted by Gasteiger charge is -2.18. The molecule has 5 nitrogen and oxygen atoms in total. The molecule has 0 saturated heterocycles. The molecule has 0 aliphatic heterocycles. The van der Waals surface area contributed by atoms with Crippen LogP contribution in [0.15, 0.2) is 18.6 Å². The van der Waals surface area contributed by atoms with E-state index in [1.807, 2.05) is 14.0 Å². The Morgan fingerprint density at radius 2 is 2.11 bits per heavy atom. The second-order valence-electron chi connectivity index (χ2n) is 4.47. The largest absolute Gasteiger partial charge is 0.304 e. The van der Waals surface area contributed by atoms with Crippen LogP contribution in [0.2, 0.25) is 5.02 Å². The highest BCUT2D eigenvalue weighted by Gasteiger charge is 2.21. The van der Waals surface area contributed by atoms with Crippen molar-refractivity contribution in [2.75, 3.05) is 6.54 Å². The third-order valence-electron chi connectivity index (χ3n) is 2.91. The predicted octanol–water partition coefficient (Wildman–Crippen LogP) is 2.26. The van der Waals surface area contributed by atoms with E-state index in [1.54, 1.807) is 23.3 Å². The van der Waals surface area contributed by atoms with Gasteiger partial charge < -0.3 is 5.32 Å². The van der Waals surface area contributed by atoms with E-state index in [9.17, 15) is 0 Å². The normalized spacial score (nSPS) is 12.6. The van der Waals surface area contributed by atoms with Gasteiger partial charge in [-0.1, -0.05) is 18.5 Å². The Kier molecular flexibility index (Phi) is 4.50. The molecule has 2 aromatic heterocycles. The van der Waals surface area contributed by atoms with Gasteiger partial charge in [0, 0.05) is 13.2 Å². The van der Waals surface area contributed by atoms with Gasteiger partial charge in [0.05, 0.1) is 40.5 Å². The topological polar surface area (TPSA) is 55.6 Å². The molecule has 1 N–H and O–H groups in total. The van der Waals surface area contributed by atoms with Gasteiger partial charge in [-0.05, 0) is 19.9 Å². The van der Waals surface area contributed by atoms with E-state index in [4.69, 9.17) is 11.6 Å². The fourth-order valence-corrected chi connectivity index (χ4v) is 2.20. The van der Waals surface area contributed by atoms with Crippen LogP contribution < -0.4 is 5.32 Å². The number of halogens is 1. The molecule has 2 heterocycles. The summed E-state index contributed by atoms with van der Waals surface area (Å²) in [6.07, 6.45) is 6.23. The van der Waals surface area contributed by atoms with Crippen molar-refractivity contribution in [2.24, 2.45) is 7.05 Å². The summed E-state index contributed by atoms with van der Waals surface area (Å²) in [4.78, 5) is 8.75. The highest BCUT2D eigenvalue weighted by Crippen LogP contribution is 2.26. The minimum atomic E-state index is -0.0898. The molecule has 2 rings (SSSR count). The minimum absolute atomic E-state index is 0.0898. The van der Waals surface area contributed by atoms with Gasteiger partial charge in [-0.2, -0.15) is 5.10 Å². The van der Waals surface area contributed by atoms with Crippen LogP contribution >= 0.6 is 11.6 Å². The van der Waals surface area contributed by atoms with E-state index in [1.165, 1.54) is 0 Å². The fourth-order valence-electron chi connectivity index (χ4n) is 1.93. The van der Waals surface area contributed by atoms with Crippen molar-refractivity contribution >= 4 is 11.6 Å². The van der Waals surface area contributed by atoms with Crippen LogP contribution in [0.5, 0.6) is 0 Å². The number of nitrogens with one attached hydrogen (secondary N) is 1. The average Bonchev–Trinajstić information content (AvgIpc) is 2.73. The van der Waals surface area contributed by atoms with Gasteiger partial charge in [0.2, 0.25) is 0 Å². The highest BCUT2D eigenvalue weighted by molar-refractivity contribution is 6.31. The van der Waals surface area contributed by atoms with Gasteiger partial charge in [0.15, 0.2) is 0 Å². The zero-order valence-electron chi connectivity index (χ0n) is 11.4. The molecule has 0 amide bonds. The number of aromatic nitrogens is 4. The zero-order valence-corrected chi connectivity index (χ0v) is 12.1. The predicted molar refractivity (Wildman–Crippen MR) is 75.1 cm³/mol. The molecule has 0 aromatic carbocycles. The molecule has 1 unspecified atom stereocenters. The van der Waals surface area contributed by atoms with Crippen molar-refractivity contribution in [1.29, 1.82) is 0 Å². The van der Waals surface area contributed by atoms with Gasteiger partial charge in [-0.15, -0.1) is 0 Å². The van der Waals surface area contributed by atoms with Gasteiger partial charge in [0.25, 0.3) is 0 Å². The average molecular weight is 280 g/mol. The molecule has 0 saturated carbocycles. The maximum Gasteiger partial charge on any atom is 0.0952 e. The Balaban J connectivity index is 2.38. The highest BCUT2D eigenvalue weighted by atomic mass is 35.5. The third-order valence-corrected chi connectivity index (χ3v) is 3.20. The first-order chi connectivity index (χ1) is 9.13.